The normalized spacial score (nSPS) is 22.3. The topological polar surface area (TPSA) is 127 Å². The van der Waals surface area contributed by atoms with E-state index in [0.717, 1.165) is 21.3 Å². The molecule has 2 heterocycles. The molecule has 2 saturated heterocycles. The molecule has 3 atom stereocenters. The number of halogens is 4. The highest BCUT2D eigenvalue weighted by atomic mass is 35.5. The second-order valence-corrected chi connectivity index (χ2v) is 12.1. The van der Waals surface area contributed by atoms with Crippen LogP contribution in [0, 0.1) is 11.6 Å². The lowest BCUT2D eigenvalue weighted by Gasteiger charge is -2.54. The molecule has 0 spiro atoms. The van der Waals surface area contributed by atoms with E-state index in [4.69, 9.17) is 23.2 Å². The van der Waals surface area contributed by atoms with Crippen LogP contribution < -0.4 is 5.32 Å². The molecular formula is C24H24Cl2F2N4O6S. The van der Waals surface area contributed by atoms with Gasteiger partial charge in [0.05, 0.1) is 11.6 Å². The highest BCUT2D eigenvalue weighted by Crippen LogP contribution is 2.35. The quantitative estimate of drug-likeness (QED) is 0.522. The Hall–Kier alpha value is -3.00. The number of piperazine rings is 1. The second-order valence-electron chi connectivity index (χ2n) is 9.43. The fourth-order valence-electron chi connectivity index (χ4n) is 4.83. The Kier molecular flexibility index (Phi) is 8.08. The maximum Gasteiger partial charge on any atom is 0.405 e. The predicted octanol–water partition coefficient (Wildman–Crippen LogP) is 2.93. The Labute approximate surface area is 233 Å². The fraction of sp³-hybridized carbons (Fsp3) is 0.375. The van der Waals surface area contributed by atoms with Crippen molar-refractivity contribution in [1.82, 2.24) is 19.4 Å². The third-order valence-corrected chi connectivity index (χ3v) is 9.23. The highest BCUT2D eigenvalue weighted by molar-refractivity contribution is 7.89. The second kappa shape index (κ2) is 10.9. The molecule has 0 aromatic heterocycles. The Morgan fingerprint density at radius 1 is 1.08 bits per heavy atom. The van der Waals surface area contributed by atoms with E-state index in [0.29, 0.717) is 0 Å². The first kappa shape index (κ1) is 29.0. The van der Waals surface area contributed by atoms with Gasteiger partial charge < -0.3 is 20.2 Å². The van der Waals surface area contributed by atoms with Crippen LogP contribution in [-0.2, 0) is 26.0 Å². The van der Waals surface area contributed by atoms with Crippen LogP contribution in [0.2, 0.25) is 10.0 Å². The minimum Gasteiger partial charge on any atom is -0.465 e. The monoisotopic (exact) mass is 604 g/mol. The number of fused-ring (bicyclic) bond motifs is 1. The number of sulfonamides is 1. The van der Waals surface area contributed by atoms with Gasteiger partial charge in [-0.15, -0.1) is 0 Å². The zero-order valence-electron chi connectivity index (χ0n) is 20.6. The molecule has 2 aliphatic rings. The van der Waals surface area contributed by atoms with Crippen molar-refractivity contribution in [3.8, 4) is 0 Å². The summed E-state index contributed by atoms with van der Waals surface area (Å²) in [6.07, 6.45) is -3.12. The zero-order valence-corrected chi connectivity index (χ0v) is 23.0. The van der Waals surface area contributed by atoms with Gasteiger partial charge in [-0.2, -0.15) is 4.31 Å². The molecule has 0 bridgehead atoms. The van der Waals surface area contributed by atoms with Crippen LogP contribution in [0.1, 0.15) is 19.4 Å². The van der Waals surface area contributed by atoms with Crippen LogP contribution in [0.3, 0.4) is 0 Å². The molecule has 2 fully saturated rings. The summed E-state index contributed by atoms with van der Waals surface area (Å²) in [5.74, 6) is -3.66. The average Bonchev–Trinajstić information content (AvgIpc) is 2.83. The fourth-order valence-corrected chi connectivity index (χ4v) is 7.16. The summed E-state index contributed by atoms with van der Waals surface area (Å²) in [6.45, 7) is 2.61. The number of hydrogen-bond acceptors (Lipinski definition) is 5. The van der Waals surface area contributed by atoms with E-state index in [9.17, 15) is 36.7 Å². The van der Waals surface area contributed by atoms with Crippen LogP contribution in [0.15, 0.2) is 41.3 Å². The van der Waals surface area contributed by atoms with Gasteiger partial charge in [-0.25, -0.2) is 22.0 Å². The molecule has 0 aliphatic carbocycles. The molecule has 2 aromatic rings. The first-order valence-electron chi connectivity index (χ1n) is 11.7. The first-order valence-corrected chi connectivity index (χ1v) is 13.9. The van der Waals surface area contributed by atoms with E-state index in [-0.39, 0.29) is 33.5 Å². The van der Waals surface area contributed by atoms with E-state index < -0.39 is 70.4 Å². The first-order chi connectivity index (χ1) is 18.2. The average molecular weight is 605 g/mol. The summed E-state index contributed by atoms with van der Waals surface area (Å²) < 4.78 is 56.3. The molecule has 2 aliphatic heterocycles. The third kappa shape index (κ3) is 5.53. The number of nitrogens with one attached hydrogen (secondary N) is 1. The van der Waals surface area contributed by atoms with Gasteiger partial charge in [-0.1, -0.05) is 29.3 Å². The van der Waals surface area contributed by atoms with Crippen molar-refractivity contribution in [2.24, 2.45) is 0 Å². The molecule has 210 valence electrons. The number of amides is 3. The molecule has 39 heavy (non-hydrogen) atoms. The molecular weight excluding hydrogens is 581 g/mol. The van der Waals surface area contributed by atoms with Gasteiger partial charge in [0.1, 0.15) is 23.1 Å². The minimum atomic E-state index is -4.48. The van der Waals surface area contributed by atoms with Crippen LogP contribution in [-0.4, -0.2) is 82.9 Å². The Bertz CT molecular complexity index is 1440. The van der Waals surface area contributed by atoms with Gasteiger partial charge >= 0.3 is 6.09 Å². The number of carbonyl (C=O) groups is 3. The highest BCUT2D eigenvalue weighted by Gasteiger charge is 2.54. The summed E-state index contributed by atoms with van der Waals surface area (Å²) in [5, 5.41) is 11.4. The van der Waals surface area contributed by atoms with Crippen molar-refractivity contribution >= 4 is 51.1 Å². The van der Waals surface area contributed by atoms with Gasteiger partial charge in [-0.3, -0.25) is 9.59 Å². The van der Waals surface area contributed by atoms with Crippen LogP contribution in [0.5, 0.6) is 0 Å². The third-order valence-electron chi connectivity index (χ3n) is 6.65. The molecule has 3 amide bonds. The number of carboxylic acid groups (broad SMARTS) is 1. The lowest BCUT2D eigenvalue weighted by molar-refractivity contribution is -0.168. The maximum atomic E-state index is 14.0. The van der Waals surface area contributed by atoms with Crippen molar-refractivity contribution in [2.45, 2.75) is 49.5 Å². The molecule has 15 heteroatoms. The SMILES string of the molecule is CC(C)N1CC2N(C(=O)C(NC(=O)O)CN2S(=O)(=O)c2ccc(Cl)cc2Cl)C(Cc2ccc(F)c(F)c2)C1=O. The summed E-state index contributed by atoms with van der Waals surface area (Å²) in [6, 6.07) is 3.42. The van der Waals surface area contributed by atoms with E-state index in [1.807, 2.05) is 5.32 Å². The number of carbonyl (C=O) groups excluding carboxylic acids is 2. The van der Waals surface area contributed by atoms with Crippen molar-refractivity contribution in [2.75, 3.05) is 13.1 Å². The Balaban J connectivity index is 1.85. The predicted molar refractivity (Wildman–Crippen MR) is 137 cm³/mol. The van der Waals surface area contributed by atoms with E-state index >= 15 is 0 Å². The van der Waals surface area contributed by atoms with Crippen molar-refractivity contribution in [1.29, 1.82) is 0 Å². The van der Waals surface area contributed by atoms with Crippen molar-refractivity contribution < 1.29 is 36.7 Å². The summed E-state index contributed by atoms with van der Waals surface area (Å²) in [7, 11) is -4.48. The van der Waals surface area contributed by atoms with Gasteiger partial charge in [0, 0.05) is 24.0 Å². The number of benzene rings is 2. The largest absolute Gasteiger partial charge is 0.465 e. The molecule has 3 unspecified atom stereocenters. The van der Waals surface area contributed by atoms with E-state index in [1.165, 1.54) is 29.2 Å². The lowest BCUT2D eigenvalue weighted by atomic mass is 9.96. The number of rotatable bonds is 6. The summed E-state index contributed by atoms with van der Waals surface area (Å²) in [5.41, 5.74) is 0.174. The van der Waals surface area contributed by atoms with Gasteiger partial charge in [-0.05, 0) is 49.7 Å². The minimum absolute atomic E-state index is 0.174. The van der Waals surface area contributed by atoms with Crippen LogP contribution >= 0.6 is 23.2 Å². The van der Waals surface area contributed by atoms with Crippen molar-refractivity contribution in [3.63, 3.8) is 0 Å². The van der Waals surface area contributed by atoms with E-state index in [1.54, 1.807) is 13.8 Å². The number of nitrogens with zero attached hydrogens (tertiary/aromatic N) is 3. The standard InChI is InChI=1S/C24H24Cl2F2N4O6S/c1-12(2)30-11-21-31(39(37,38)20-6-4-14(25)9-15(20)26)10-18(29-24(35)36)22(33)32(21)19(23(30)34)8-13-3-5-16(27)17(28)7-13/h3-7,9,12,18-19,21,29H,8,10-11H2,1-2H3,(H,35,36). The molecule has 0 radical (unpaired) electrons. The molecule has 2 N–H and O–H groups in total. The van der Waals surface area contributed by atoms with Gasteiger partial charge in [0.2, 0.25) is 21.8 Å². The zero-order chi connectivity index (χ0) is 28.8. The molecule has 4 rings (SSSR count). The smallest absolute Gasteiger partial charge is 0.405 e. The number of hydrogen-bond donors (Lipinski definition) is 2. The van der Waals surface area contributed by atoms with Crippen molar-refractivity contribution in [3.05, 3.63) is 63.6 Å². The maximum absolute atomic E-state index is 14.0. The van der Waals surface area contributed by atoms with E-state index in [2.05, 4.69) is 0 Å². The van der Waals surface area contributed by atoms with Gasteiger partial charge in [0.25, 0.3) is 0 Å². The molecule has 10 nitrogen and oxygen atoms in total. The molecule has 2 aromatic carbocycles. The Morgan fingerprint density at radius 2 is 1.77 bits per heavy atom. The summed E-state index contributed by atoms with van der Waals surface area (Å²) >= 11 is 12.1. The summed E-state index contributed by atoms with van der Waals surface area (Å²) in [4.78, 5) is 40.7. The van der Waals surface area contributed by atoms with Gasteiger partial charge in [0.15, 0.2) is 11.6 Å². The Morgan fingerprint density at radius 3 is 2.36 bits per heavy atom. The van der Waals surface area contributed by atoms with Crippen LogP contribution in [0.25, 0.3) is 0 Å². The molecule has 0 saturated carbocycles. The van der Waals surface area contributed by atoms with Crippen LogP contribution in [0.4, 0.5) is 13.6 Å². The lowest BCUT2D eigenvalue weighted by Crippen LogP contribution is -2.76.